The van der Waals surface area contributed by atoms with Crippen LogP contribution in [0.15, 0.2) is 21.7 Å². The molecule has 0 aliphatic rings. The fraction of sp³-hybridized carbons (Fsp3) is 0.333. The minimum atomic E-state index is -0.762. The van der Waals surface area contributed by atoms with Crippen LogP contribution < -0.4 is 16.1 Å². The first kappa shape index (κ1) is 15.7. The topological polar surface area (TPSA) is 153 Å². The van der Waals surface area contributed by atoms with Crippen molar-refractivity contribution in [3.63, 3.8) is 0 Å². The molecule has 1 aromatic carbocycles. The molecule has 10 nitrogen and oxygen atoms in total. The van der Waals surface area contributed by atoms with Crippen molar-refractivity contribution in [2.75, 3.05) is 31.2 Å². The molecule has 0 bridgehead atoms. The highest BCUT2D eigenvalue weighted by atomic mass is 16.6. The third-order valence-corrected chi connectivity index (χ3v) is 3.11. The van der Waals surface area contributed by atoms with Crippen molar-refractivity contribution >= 4 is 22.3 Å². The van der Waals surface area contributed by atoms with Gasteiger partial charge in [-0.25, -0.2) is 4.79 Å². The van der Waals surface area contributed by atoms with Crippen LogP contribution in [0.2, 0.25) is 0 Å². The summed E-state index contributed by atoms with van der Waals surface area (Å²) in [4.78, 5) is 39.4. The van der Waals surface area contributed by atoms with Crippen LogP contribution in [-0.4, -0.2) is 51.4 Å². The Kier molecular flexibility index (Phi) is 4.53. The van der Waals surface area contributed by atoms with Crippen molar-refractivity contribution in [1.29, 1.82) is 0 Å². The second-order valence-electron chi connectivity index (χ2n) is 4.49. The van der Waals surface area contributed by atoms with E-state index in [4.69, 9.17) is 10.2 Å². The number of H-pyrrole nitrogens is 2. The van der Waals surface area contributed by atoms with Gasteiger partial charge in [0, 0.05) is 19.2 Å². The van der Waals surface area contributed by atoms with Gasteiger partial charge in [-0.05, 0) is 6.07 Å². The molecule has 10 heteroatoms. The number of nitro benzene ring substituents is 1. The predicted octanol–water partition coefficient (Wildman–Crippen LogP) is -1.08. The lowest BCUT2D eigenvalue weighted by Crippen LogP contribution is -2.30. The van der Waals surface area contributed by atoms with Crippen molar-refractivity contribution in [2.24, 2.45) is 0 Å². The van der Waals surface area contributed by atoms with Crippen molar-refractivity contribution in [3.05, 3.63) is 43.1 Å². The molecule has 1 heterocycles. The molecule has 0 unspecified atom stereocenters. The standard InChI is InChI=1S/C12H14N4O6/c17-3-1-15(2-4-18)9-5-7-8(6-10(9)16(21)22)13-12(20)14-11(7)19/h5-6,17-18H,1-4H2,(H2,13,14,19,20). The number of anilines is 1. The van der Waals surface area contributed by atoms with Crippen molar-refractivity contribution in [3.8, 4) is 0 Å². The molecule has 2 aromatic rings. The molecule has 2 rings (SSSR count). The number of aliphatic hydroxyl groups excluding tert-OH is 2. The molecule has 0 aliphatic heterocycles. The summed E-state index contributed by atoms with van der Waals surface area (Å²) in [6, 6.07) is 2.34. The summed E-state index contributed by atoms with van der Waals surface area (Å²) in [7, 11) is 0. The van der Waals surface area contributed by atoms with E-state index in [-0.39, 0.29) is 48.6 Å². The quantitative estimate of drug-likeness (QED) is 0.391. The number of hydrogen-bond donors (Lipinski definition) is 4. The maximum Gasteiger partial charge on any atom is 0.326 e. The van der Waals surface area contributed by atoms with Crippen LogP contribution in [0.1, 0.15) is 0 Å². The van der Waals surface area contributed by atoms with Crippen LogP contribution in [0, 0.1) is 10.1 Å². The van der Waals surface area contributed by atoms with Crippen LogP contribution >= 0.6 is 0 Å². The van der Waals surface area contributed by atoms with E-state index in [9.17, 15) is 19.7 Å². The highest BCUT2D eigenvalue weighted by molar-refractivity contribution is 5.87. The fourth-order valence-electron chi connectivity index (χ4n) is 2.19. The minimum Gasteiger partial charge on any atom is -0.395 e. The number of rotatable bonds is 6. The zero-order valence-electron chi connectivity index (χ0n) is 11.4. The molecule has 0 aliphatic carbocycles. The molecular weight excluding hydrogens is 296 g/mol. The summed E-state index contributed by atoms with van der Waals surface area (Å²) < 4.78 is 0. The monoisotopic (exact) mass is 310 g/mol. The zero-order valence-corrected chi connectivity index (χ0v) is 11.4. The van der Waals surface area contributed by atoms with Gasteiger partial charge in [0.15, 0.2) is 0 Å². The van der Waals surface area contributed by atoms with Gasteiger partial charge in [0.05, 0.1) is 29.0 Å². The molecule has 0 saturated carbocycles. The van der Waals surface area contributed by atoms with Gasteiger partial charge in [-0.3, -0.25) is 19.9 Å². The maximum absolute atomic E-state index is 11.8. The molecular formula is C12H14N4O6. The summed E-state index contributed by atoms with van der Waals surface area (Å²) in [6.45, 7) is -0.462. The Morgan fingerprint density at radius 2 is 1.77 bits per heavy atom. The second kappa shape index (κ2) is 6.37. The Morgan fingerprint density at radius 1 is 1.14 bits per heavy atom. The fourth-order valence-corrected chi connectivity index (χ4v) is 2.19. The lowest BCUT2D eigenvalue weighted by molar-refractivity contribution is -0.384. The average molecular weight is 310 g/mol. The van der Waals surface area contributed by atoms with Crippen LogP contribution in [-0.2, 0) is 0 Å². The molecule has 0 atom stereocenters. The molecule has 0 spiro atoms. The first-order chi connectivity index (χ1) is 10.5. The third-order valence-electron chi connectivity index (χ3n) is 3.11. The summed E-state index contributed by atoms with van der Waals surface area (Å²) in [5.41, 5.74) is -1.66. The van der Waals surface area contributed by atoms with Gasteiger partial charge in [-0.1, -0.05) is 0 Å². The van der Waals surface area contributed by atoms with Crippen LogP contribution in [0.5, 0.6) is 0 Å². The smallest absolute Gasteiger partial charge is 0.326 e. The van der Waals surface area contributed by atoms with Crippen molar-refractivity contribution < 1.29 is 15.1 Å². The average Bonchev–Trinajstić information content (AvgIpc) is 2.45. The van der Waals surface area contributed by atoms with E-state index in [2.05, 4.69) is 4.98 Å². The number of nitrogens with zero attached hydrogens (tertiary/aromatic N) is 2. The van der Waals surface area contributed by atoms with Crippen LogP contribution in [0.25, 0.3) is 10.9 Å². The number of benzene rings is 1. The Morgan fingerprint density at radius 3 is 2.32 bits per heavy atom. The number of fused-ring (bicyclic) bond motifs is 1. The Hall–Kier alpha value is -2.72. The Bertz CT molecular complexity index is 805. The van der Waals surface area contributed by atoms with E-state index in [1.165, 1.54) is 11.0 Å². The van der Waals surface area contributed by atoms with Gasteiger partial charge in [-0.2, -0.15) is 0 Å². The minimum absolute atomic E-state index is 0.0390. The summed E-state index contributed by atoms with van der Waals surface area (Å²) in [6.07, 6.45) is 0. The highest BCUT2D eigenvalue weighted by Crippen LogP contribution is 2.30. The van der Waals surface area contributed by atoms with E-state index < -0.39 is 16.2 Å². The van der Waals surface area contributed by atoms with E-state index in [1.54, 1.807) is 0 Å². The number of aliphatic hydroxyl groups is 2. The molecule has 0 fully saturated rings. The van der Waals surface area contributed by atoms with Gasteiger partial charge in [-0.15, -0.1) is 0 Å². The number of nitrogens with one attached hydrogen (secondary N) is 2. The molecule has 0 amide bonds. The Labute approximate surface area is 122 Å². The van der Waals surface area contributed by atoms with Gasteiger partial charge < -0.3 is 20.1 Å². The SMILES string of the molecule is O=c1[nH]c(=O)c2cc(N(CCO)CCO)c([N+](=O)[O-])cc2[nH]1. The number of aromatic amines is 2. The molecule has 4 N–H and O–H groups in total. The molecule has 0 radical (unpaired) electrons. The molecule has 118 valence electrons. The molecule has 22 heavy (non-hydrogen) atoms. The lowest BCUT2D eigenvalue weighted by Gasteiger charge is -2.22. The molecule has 0 saturated heterocycles. The normalized spacial score (nSPS) is 10.8. The third kappa shape index (κ3) is 2.97. The van der Waals surface area contributed by atoms with Crippen LogP contribution in [0.3, 0.4) is 0 Å². The summed E-state index contributed by atoms with van der Waals surface area (Å²) in [5, 5.41) is 29.4. The first-order valence-electron chi connectivity index (χ1n) is 6.39. The summed E-state index contributed by atoms with van der Waals surface area (Å²) >= 11 is 0. The zero-order chi connectivity index (χ0) is 16.3. The van der Waals surface area contributed by atoms with Gasteiger partial charge in [0.1, 0.15) is 5.69 Å². The number of hydrogen-bond acceptors (Lipinski definition) is 7. The maximum atomic E-state index is 11.8. The van der Waals surface area contributed by atoms with Gasteiger partial charge >= 0.3 is 5.69 Å². The predicted molar refractivity (Wildman–Crippen MR) is 78.2 cm³/mol. The molecule has 1 aromatic heterocycles. The summed E-state index contributed by atoms with van der Waals surface area (Å²) in [5.74, 6) is 0. The number of nitro groups is 1. The van der Waals surface area contributed by atoms with Gasteiger partial charge in [0.2, 0.25) is 0 Å². The highest BCUT2D eigenvalue weighted by Gasteiger charge is 2.21. The first-order valence-corrected chi connectivity index (χ1v) is 6.39. The second-order valence-corrected chi connectivity index (χ2v) is 4.49. The lowest BCUT2D eigenvalue weighted by atomic mass is 10.1. The number of aromatic nitrogens is 2. The van der Waals surface area contributed by atoms with Gasteiger partial charge in [0.25, 0.3) is 11.2 Å². The Balaban J connectivity index is 2.75. The van der Waals surface area contributed by atoms with Crippen LogP contribution in [0.4, 0.5) is 11.4 Å². The van der Waals surface area contributed by atoms with E-state index in [1.807, 2.05) is 4.98 Å². The van der Waals surface area contributed by atoms with E-state index in [0.717, 1.165) is 6.07 Å². The largest absolute Gasteiger partial charge is 0.395 e. The van der Waals surface area contributed by atoms with E-state index in [0.29, 0.717) is 0 Å². The van der Waals surface area contributed by atoms with E-state index >= 15 is 0 Å². The van der Waals surface area contributed by atoms with Crippen molar-refractivity contribution in [1.82, 2.24) is 9.97 Å². The van der Waals surface area contributed by atoms with Crippen molar-refractivity contribution in [2.45, 2.75) is 0 Å².